The van der Waals surface area contributed by atoms with Crippen LogP contribution >= 0.6 is 0 Å². The summed E-state index contributed by atoms with van der Waals surface area (Å²) in [6.45, 7) is 2.03. The predicted octanol–water partition coefficient (Wildman–Crippen LogP) is 2.80. The Kier molecular flexibility index (Phi) is 5.26. The minimum Gasteiger partial charge on any atom is -0.373 e. The topological polar surface area (TPSA) is 84.7 Å². The average molecular weight is 350 g/mol. The molecular formula is C19H22N6O. The summed E-state index contributed by atoms with van der Waals surface area (Å²) in [5.74, 6) is 1.17. The van der Waals surface area contributed by atoms with Crippen molar-refractivity contribution in [2.75, 3.05) is 12.4 Å². The van der Waals surface area contributed by atoms with Crippen molar-refractivity contribution in [3.05, 3.63) is 60.0 Å². The highest BCUT2D eigenvalue weighted by atomic mass is 16.1. The summed E-state index contributed by atoms with van der Waals surface area (Å²) in [4.78, 5) is 21.5. The number of rotatable bonds is 6. The Labute approximate surface area is 152 Å². The van der Waals surface area contributed by atoms with Crippen LogP contribution in [-0.2, 0) is 7.05 Å². The molecule has 3 aromatic rings. The number of hydrogen-bond donors (Lipinski definition) is 2. The van der Waals surface area contributed by atoms with Gasteiger partial charge in [-0.3, -0.25) is 9.48 Å². The van der Waals surface area contributed by atoms with Crippen LogP contribution in [0.2, 0.25) is 0 Å². The molecule has 1 amide bonds. The standard InChI is InChI=1S/C19H22N6O/c1-4-15(16-8-11-22-25(16)3)23-19(26)14-7-5-6-13(12-14)18-21-10-9-17(20-2)24-18/h5-12,15H,4H2,1-3H3,(H,23,26)(H,20,21,24). The second-order valence-electron chi connectivity index (χ2n) is 5.91. The third kappa shape index (κ3) is 3.72. The fourth-order valence-electron chi connectivity index (χ4n) is 2.79. The SMILES string of the molecule is CCC(NC(=O)c1cccc(-c2nccc(NC)n2)c1)c1ccnn1C. The van der Waals surface area contributed by atoms with Crippen LogP contribution < -0.4 is 10.6 Å². The van der Waals surface area contributed by atoms with E-state index in [0.717, 1.165) is 23.5 Å². The number of carbonyl (C=O) groups excluding carboxylic acids is 1. The zero-order valence-corrected chi connectivity index (χ0v) is 15.1. The highest BCUT2D eigenvalue weighted by Gasteiger charge is 2.17. The van der Waals surface area contributed by atoms with E-state index in [2.05, 4.69) is 25.7 Å². The van der Waals surface area contributed by atoms with Gasteiger partial charge in [0.15, 0.2) is 5.82 Å². The van der Waals surface area contributed by atoms with Crippen LogP contribution in [0.4, 0.5) is 5.82 Å². The molecule has 0 fully saturated rings. The van der Waals surface area contributed by atoms with Gasteiger partial charge in [-0.2, -0.15) is 5.10 Å². The molecule has 0 aliphatic rings. The van der Waals surface area contributed by atoms with Gasteiger partial charge in [0.1, 0.15) is 5.82 Å². The summed E-state index contributed by atoms with van der Waals surface area (Å²) in [5, 5.41) is 10.2. The smallest absolute Gasteiger partial charge is 0.251 e. The van der Waals surface area contributed by atoms with E-state index in [9.17, 15) is 4.79 Å². The third-order valence-electron chi connectivity index (χ3n) is 4.22. The lowest BCUT2D eigenvalue weighted by Crippen LogP contribution is -2.29. The molecule has 7 nitrogen and oxygen atoms in total. The molecule has 2 heterocycles. The molecule has 2 aromatic heterocycles. The first kappa shape index (κ1) is 17.6. The Hall–Kier alpha value is -3.22. The Bertz CT molecular complexity index is 904. The van der Waals surface area contributed by atoms with Gasteiger partial charge in [-0.05, 0) is 30.7 Å². The van der Waals surface area contributed by atoms with E-state index in [0.29, 0.717) is 11.4 Å². The highest BCUT2D eigenvalue weighted by molar-refractivity contribution is 5.95. The van der Waals surface area contributed by atoms with Crippen molar-refractivity contribution >= 4 is 11.7 Å². The molecule has 3 rings (SSSR count). The van der Waals surface area contributed by atoms with E-state index in [1.807, 2.05) is 32.2 Å². The monoisotopic (exact) mass is 350 g/mol. The number of nitrogens with zero attached hydrogens (tertiary/aromatic N) is 4. The van der Waals surface area contributed by atoms with Crippen LogP contribution in [0.5, 0.6) is 0 Å². The Balaban J connectivity index is 1.83. The van der Waals surface area contributed by atoms with Crippen LogP contribution in [0.3, 0.4) is 0 Å². The molecule has 0 spiro atoms. The van der Waals surface area contributed by atoms with Crippen molar-refractivity contribution in [1.82, 2.24) is 25.1 Å². The van der Waals surface area contributed by atoms with Crippen LogP contribution in [0, 0.1) is 0 Å². The predicted molar refractivity (Wildman–Crippen MR) is 101 cm³/mol. The van der Waals surface area contributed by atoms with Crippen molar-refractivity contribution in [1.29, 1.82) is 0 Å². The molecule has 0 saturated heterocycles. The summed E-state index contributed by atoms with van der Waals surface area (Å²) in [6, 6.07) is 10.9. The largest absolute Gasteiger partial charge is 0.373 e. The molecule has 0 aliphatic heterocycles. The molecule has 1 atom stereocenters. The number of amides is 1. The van der Waals surface area contributed by atoms with Crippen molar-refractivity contribution in [2.24, 2.45) is 7.05 Å². The van der Waals surface area contributed by atoms with Gasteiger partial charge in [0.05, 0.1) is 11.7 Å². The summed E-state index contributed by atoms with van der Waals surface area (Å²) in [5.41, 5.74) is 2.34. The second-order valence-corrected chi connectivity index (χ2v) is 5.91. The number of aryl methyl sites for hydroxylation is 1. The number of carbonyl (C=O) groups is 1. The lowest BCUT2D eigenvalue weighted by Gasteiger charge is -2.17. The maximum absolute atomic E-state index is 12.7. The van der Waals surface area contributed by atoms with Crippen molar-refractivity contribution in [2.45, 2.75) is 19.4 Å². The van der Waals surface area contributed by atoms with E-state index in [-0.39, 0.29) is 11.9 Å². The molecule has 0 bridgehead atoms. The molecule has 1 unspecified atom stereocenters. The molecular weight excluding hydrogens is 328 g/mol. The molecule has 26 heavy (non-hydrogen) atoms. The fourth-order valence-corrected chi connectivity index (χ4v) is 2.79. The number of anilines is 1. The first-order chi connectivity index (χ1) is 12.6. The first-order valence-electron chi connectivity index (χ1n) is 8.52. The van der Waals surface area contributed by atoms with E-state index < -0.39 is 0 Å². The van der Waals surface area contributed by atoms with Crippen LogP contribution in [0.15, 0.2) is 48.8 Å². The maximum atomic E-state index is 12.7. The van der Waals surface area contributed by atoms with Crippen LogP contribution in [-0.4, -0.2) is 32.7 Å². The molecule has 134 valence electrons. The van der Waals surface area contributed by atoms with E-state index >= 15 is 0 Å². The molecule has 0 aliphatic carbocycles. The highest BCUT2D eigenvalue weighted by Crippen LogP contribution is 2.20. The molecule has 1 aromatic carbocycles. The van der Waals surface area contributed by atoms with Crippen molar-refractivity contribution in [3.8, 4) is 11.4 Å². The Morgan fingerprint density at radius 1 is 1.23 bits per heavy atom. The number of benzene rings is 1. The summed E-state index contributed by atoms with van der Waals surface area (Å²) >= 11 is 0. The second kappa shape index (κ2) is 7.77. The van der Waals surface area contributed by atoms with Crippen molar-refractivity contribution in [3.63, 3.8) is 0 Å². The van der Waals surface area contributed by atoms with Crippen molar-refractivity contribution < 1.29 is 4.79 Å². The minimum atomic E-state index is -0.135. The maximum Gasteiger partial charge on any atom is 0.251 e. The third-order valence-corrected chi connectivity index (χ3v) is 4.22. The zero-order valence-electron chi connectivity index (χ0n) is 15.1. The first-order valence-corrected chi connectivity index (χ1v) is 8.52. The molecule has 2 N–H and O–H groups in total. The van der Waals surface area contributed by atoms with Gasteiger partial charge in [-0.25, -0.2) is 9.97 Å². The van der Waals surface area contributed by atoms with Gasteiger partial charge >= 0.3 is 0 Å². The van der Waals surface area contributed by atoms with E-state index in [4.69, 9.17) is 0 Å². The number of nitrogens with one attached hydrogen (secondary N) is 2. The zero-order chi connectivity index (χ0) is 18.5. The quantitative estimate of drug-likeness (QED) is 0.714. The van der Waals surface area contributed by atoms with Gasteiger partial charge in [0.25, 0.3) is 5.91 Å². The van der Waals surface area contributed by atoms with Crippen LogP contribution in [0.25, 0.3) is 11.4 Å². The van der Waals surface area contributed by atoms with Gasteiger partial charge in [-0.15, -0.1) is 0 Å². The molecule has 0 saturated carbocycles. The van der Waals surface area contributed by atoms with Gasteiger partial charge in [-0.1, -0.05) is 19.1 Å². The Morgan fingerprint density at radius 3 is 2.77 bits per heavy atom. The summed E-state index contributed by atoms with van der Waals surface area (Å²) < 4.78 is 1.78. The lowest BCUT2D eigenvalue weighted by atomic mass is 10.1. The van der Waals surface area contributed by atoms with Gasteiger partial charge in [0.2, 0.25) is 0 Å². The van der Waals surface area contributed by atoms with Gasteiger partial charge < -0.3 is 10.6 Å². The summed E-state index contributed by atoms with van der Waals surface area (Å²) in [6.07, 6.45) is 4.20. The number of hydrogen-bond acceptors (Lipinski definition) is 5. The molecule has 7 heteroatoms. The van der Waals surface area contributed by atoms with E-state index in [1.165, 1.54) is 0 Å². The lowest BCUT2D eigenvalue weighted by molar-refractivity contribution is 0.0934. The Morgan fingerprint density at radius 2 is 2.08 bits per heavy atom. The van der Waals surface area contributed by atoms with Crippen LogP contribution in [0.1, 0.15) is 35.4 Å². The molecule has 0 radical (unpaired) electrons. The average Bonchev–Trinajstić information content (AvgIpc) is 3.11. The number of aromatic nitrogens is 4. The minimum absolute atomic E-state index is 0.0949. The fraction of sp³-hybridized carbons (Fsp3) is 0.263. The van der Waals surface area contributed by atoms with Gasteiger partial charge in [0, 0.05) is 37.6 Å². The normalized spacial score (nSPS) is 11.8. The summed E-state index contributed by atoms with van der Waals surface area (Å²) in [7, 11) is 3.68. The van der Waals surface area contributed by atoms with E-state index in [1.54, 1.807) is 42.3 Å².